The number of carbonyl (C=O) groups excluding carboxylic acids is 1. The van der Waals surface area contributed by atoms with Gasteiger partial charge in [-0.2, -0.15) is 0 Å². The minimum absolute atomic E-state index is 0.157. The lowest BCUT2D eigenvalue weighted by Gasteiger charge is -2.03. The molecule has 0 saturated heterocycles. The van der Waals surface area contributed by atoms with Crippen LogP contribution in [-0.4, -0.2) is 17.0 Å². The van der Waals surface area contributed by atoms with Gasteiger partial charge in [-0.15, -0.1) is 0 Å². The lowest BCUT2D eigenvalue weighted by molar-refractivity contribution is -0.121. The second-order valence-corrected chi connectivity index (χ2v) is 5.76. The second-order valence-electron chi connectivity index (χ2n) is 5.33. The van der Waals surface area contributed by atoms with E-state index in [1.807, 2.05) is 30.3 Å². The van der Waals surface area contributed by atoms with Gasteiger partial charge >= 0.3 is 5.76 Å². The number of amides is 1. The van der Waals surface area contributed by atoms with Gasteiger partial charge in [0.25, 0.3) is 0 Å². The van der Waals surface area contributed by atoms with E-state index in [0.29, 0.717) is 16.1 Å². The van der Waals surface area contributed by atoms with Crippen molar-refractivity contribution in [2.75, 3.05) is 6.54 Å². The van der Waals surface area contributed by atoms with E-state index < -0.39 is 5.76 Å². The number of aryl methyl sites for hydroxylation is 1. The van der Waals surface area contributed by atoms with Crippen LogP contribution in [0.25, 0.3) is 11.1 Å². The Bertz CT molecular complexity index is 1010. The monoisotopic (exact) mass is 354 g/mol. The maximum atomic E-state index is 11.9. The lowest BCUT2D eigenvalue weighted by atomic mass is 10.2. The lowest BCUT2D eigenvalue weighted by Crippen LogP contribution is -2.26. The number of nitrogens with one attached hydrogen (secondary N) is 1. The Morgan fingerprint density at radius 2 is 2.00 bits per heavy atom. The third-order valence-electron chi connectivity index (χ3n) is 3.57. The zero-order valence-corrected chi connectivity index (χ0v) is 14.0. The number of oxazole rings is 1. The molecule has 0 radical (unpaired) electrons. The molecule has 3 aromatic rings. The van der Waals surface area contributed by atoms with Gasteiger partial charge in [0.15, 0.2) is 5.58 Å². The third kappa shape index (κ3) is 4.31. The highest BCUT2D eigenvalue weighted by molar-refractivity contribution is 6.31. The Balaban J connectivity index is 1.55. The standard InChI is InChI=1S/C19H15ClN2O3/c20-15-8-9-16-17(13-15)25-19(24)22(16)12-10-18(23)21-11-4-7-14-5-2-1-3-6-14/h1-3,5-6,8-9,13H,10-12H2,(H,21,23). The van der Waals surface area contributed by atoms with Gasteiger partial charge in [-0.3, -0.25) is 9.36 Å². The highest BCUT2D eigenvalue weighted by atomic mass is 35.5. The minimum Gasteiger partial charge on any atom is -0.408 e. The molecule has 2 aromatic carbocycles. The van der Waals surface area contributed by atoms with E-state index in [1.54, 1.807) is 18.2 Å². The number of nitrogens with zero attached hydrogens (tertiary/aromatic N) is 1. The Kier molecular flexibility index (Phi) is 5.22. The smallest absolute Gasteiger partial charge is 0.408 e. The number of hydrogen-bond acceptors (Lipinski definition) is 3. The van der Waals surface area contributed by atoms with Crippen molar-refractivity contribution in [3.05, 3.63) is 69.7 Å². The van der Waals surface area contributed by atoms with Crippen LogP contribution in [0.4, 0.5) is 0 Å². The van der Waals surface area contributed by atoms with E-state index in [9.17, 15) is 9.59 Å². The largest absolute Gasteiger partial charge is 0.419 e. The molecule has 5 nitrogen and oxygen atoms in total. The molecule has 0 aliphatic heterocycles. The summed E-state index contributed by atoms with van der Waals surface area (Å²) in [6.07, 6.45) is 0.157. The van der Waals surface area contributed by atoms with Crippen molar-refractivity contribution in [3.8, 4) is 11.8 Å². The van der Waals surface area contributed by atoms with Gasteiger partial charge in [-0.1, -0.05) is 41.6 Å². The summed E-state index contributed by atoms with van der Waals surface area (Å²) in [5.41, 5.74) is 1.92. The molecule has 0 fully saturated rings. The van der Waals surface area contributed by atoms with Gasteiger partial charge in [-0.05, 0) is 24.3 Å². The maximum Gasteiger partial charge on any atom is 0.419 e. The van der Waals surface area contributed by atoms with Gasteiger partial charge in [0.2, 0.25) is 5.91 Å². The number of hydrogen-bond donors (Lipinski definition) is 1. The Morgan fingerprint density at radius 3 is 2.80 bits per heavy atom. The molecule has 1 aromatic heterocycles. The highest BCUT2D eigenvalue weighted by Crippen LogP contribution is 2.18. The number of aromatic nitrogens is 1. The molecule has 0 unspecified atom stereocenters. The molecular formula is C19H15ClN2O3. The van der Waals surface area contributed by atoms with Crippen LogP contribution in [-0.2, 0) is 11.3 Å². The number of fused-ring (bicyclic) bond motifs is 1. The number of benzene rings is 2. The zero-order valence-electron chi connectivity index (χ0n) is 13.3. The maximum absolute atomic E-state index is 11.9. The molecular weight excluding hydrogens is 340 g/mol. The summed E-state index contributed by atoms with van der Waals surface area (Å²) >= 11 is 5.87. The van der Waals surface area contributed by atoms with Crippen molar-refractivity contribution in [2.24, 2.45) is 0 Å². The molecule has 0 atom stereocenters. The van der Waals surface area contributed by atoms with Crippen LogP contribution in [0.5, 0.6) is 0 Å². The van der Waals surface area contributed by atoms with Crippen LogP contribution in [0.1, 0.15) is 12.0 Å². The predicted octanol–water partition coefficient (Wildman–Crippen LogP) is 2.81. The molecule has 1 N–H and O–H groups in total. The highest BCUT2D eigenvalue weighted by Gasteiger charge is 2.10. The number of halogens is 1. The fourth-order valence-corrected chi connectivity index (χ4v) is 2.53. The fourth-order valence-electron chi connectivity index (χ4n) is 2.36. The van der Waals surface area contributed by atoms with Crippen LogP contribution in [0.15, 0.2) is 57.7 Å². The first kappa shape index (κ1) is 16.9. The second kappa shape index (κ2) is 7.73. The van der Waals surface area contributed by atoms with E-state index in [4.69, 9.17) is 16.0 Å². The van der Waals surface area contributed by atoms with Crippen molar-refractivity contribution < 1.29 is 9.21 Å². The molecule has 1 heterocycles. The average molecular weight is 355 g/mol. The molecule has 0 spiro atoms. The average Bonchev–Trinajstić information content (AvgIpc) is 2.92. The summed E-state index contributed by atoms with van der Waals surface area (Å²) in [4.78, 5) is 23.8. The van der Waals surface area contributed by atoms with E-state index >= 15 is 0 Å². The van der Waals surface area contributed by atoms with Gasteiger partial charge < -0.3 is 9.73 Å². The van der Waals surface area contributed by atoms with E-state index in [-0.39, 0.29) is 25.4 Å². The van der Waals surface area contributed by atoms with Crippen molar-refractivity contribution in [1.82, 2.24) is 9.88 Å². The van der Waals surface area contributed by atoms with Gasteiger partial charge in [0, 0.05) is 29.6 Å². The summed E-state index contributed by atoms with van der Waals surface area (Å²) in [6.45, 7) is 0.482. The predicted molar refractivity (Wildman–Crippen MR) is 96.4 cm³/mol. The minimum atomic E-state index is -0.506. The Morgan fingerprint density at radius 1 is 1.20 bits per heavy atom. The van der Waals surface area contributed by atoms with Crippen LogP contribution >= 0.6 is 11.6 Å². The first-order chi connectivity index (χ1) is 12.1. The summed E-state index contributed by atoms with van der Waals surface area (Å²) in [5, 5.41) is 3.20. The quantitative estimate of drug-likeness (QED) is 0.733. The molecule has 0 aliphatic carbocycles. The molecule has 25 heavy (non-hydrogen) atoms. The van der Waals surface area contributed by atoms with Crippen LogP contribution in [0.3, 0.4) is 0 Å². The van der Waals surface area contributed by atoms with E-state index in [2.05, 4.69) is 17.2 Å². The van der Waals surface area contributed by atoms with Gasteiger partial charge in [0.05, 0.1) is 12.1 Å². The molecule has 0 aliphatic rings. The number of rotatable bonds is 4. The van der Waals surface area contributed by atoms with Crippen molar-refractivity contribution in [2.45, 2.75) is 13.0 Å². The van der Waals surface area contributed by atoms with Crippen molar-refractivity contribution >= 4 is 28.6 Å². The summed E-state index contributed by atoms with van der Waals surface area (Å²) in [6, 6.07) is 14.5. The van der Waals surface area contributed by atoms with Crippen molar-refractivity contribution in [3.63, 3.8) is 0 Å². The summed E-state index contributed by atoms with van der Waals surface area (Å²) < 4.78 is 6.55. The summed E-state index contributed by atoms with van der Waals surface area (Å²) in [5.74, 6) is 5.16. The fraction of sp³-hybridized carbons (Fsp3) is 0.158. The normalized spacial score (nSPS) is 10.3. The Hall–Kier alpha value is -2.97. The Labute approximate surface area is 149 Å². The first-order valence-corrected chi connectivity index (χ1v) is 8.11. The topological polar surface area (TPSA) is 64.2 Å². The SMILES string of the molecule is O=C(CCn1c(=O)oc2cc(Cl)ccc21)NCC#Cc1ccccc1. The van der Waals surface area contributed by atoms with Gasteiger partial charge in [0.1, 0.15) is 0 Å². The molecule has 0 bridgehead atoms. The molecule has 126 valence electrons. The van der Waals surface area contributed by atoms with Crippen molar-refractivity contribution in [1.29, 1.82) is 0 Å². The zero-order chi connectivity index (χ0) is 17.6. The molecule has 3 rings (SSSR count). The molecule has 0 saturated carbocycles. The van der Waals surface area contributed by atoms with Gasteiger partial charge in [-0.25, -0.2) is 4.79 Å². The first-order valence-electron chi connectivity index (χ1n) is 7.73. The van der Waals surface area contributed by atoms with E-state index in [0.717, 1.165) is 5.56 Å². The third-order valence-corrected chi connectivity index (χ3v) is 3.81. The van der Waals surface area contributed by atoms with Crippen LogP contribution in [0, 0.1) is 11.8 Å². The van der Waals surface area contributed by atoms with E-state index in [1.165, 1.54) is 4.57 Å². The van der Waals surface area contributed by atoms with Crippen LogP contribution in [0.2, 0.25) is 5.02 Å². The molecule has 6 heteroatoms. The number of carbonyl (C=O) groups is 1. The molecule has 1 amide bonds. The van der Waals surface area contributed by atoms with Crippen LogP contribution < -0.4 is 11.1 Å². The summed E-state index contributed by atoms with van der Waals surface area (Å²) in [7, 11) is 0.